The van der Waals surface area contributed by atoms with Crippen molar-refractivity contribution in [2.45, 2.75) is 46.0 Å². The molecule has 1 amide bonds. The molecule has 4 N–H and O–H groups in total. The summed E-state index contributed by atoms with van der Waals surface area (Å²) in [5, 5.41) is 7.84. The first-order chi connectivity index (χ1) is 14.1. The Morgan fingerprint density at radius 1 is 1.21 bits per heavy atom. The Balaban J connectivity index is 0.00000145. The van der Waals surface area contributed by atoms with E-state index < -0.39 is 5.41 Å². The molecular formula is C23H31N5O. The van der Waals surface area contributed by atoms with Crippen LogP contribution in [0.2, 0.25) is 0 Å². The number of hydrogen-bond donors (Lipinski definition) is 2. The van der Waals surface area contributed by atoms with Crippen molar-refractivity contribution < 1.29 is 4.79 Å². The quantitative estimate of drug-likeness (QED) is 0.733. The second kappa shape index (κ2) is 9.87. The summed E-state index contributed by atoms with van der Waals surface area (Å²) in [5.74, 6) is 0.0761. The summed E-state index contributed by atoms with van der Waals surface area (Å²) in [5.41, 5.74) is 15.5. The Kier molecular flexibility index (Phi) is 7.53. The third-order valence-electron chi connectivity index (χ3n) is 5.11. The van der Waals surface area contributed by atoms with Crippen LogP contribution < -0.4 is 16.4 Å². The van der Waals surface area contributed by atoms with Crippen LogP contribution in [0.15, 0.2) is 60.7 Å². The molecule has 2 aromatic rings. The van der Waals surface area contributed by atoms with Crippen LogP contribution in [0.1, 0.15) is 43.9 Å². The summed E-state index contributed by atoms with van der Waals surface area (Å²) in [6, 6.07) is 8.08. The van der Waals surface area contributed by atoms with Gasteiger partial charge in [0.1, 0.15) is 0 Å². The fourth-order valence-electron chi connectivity index (χ4n) is 3.89. The number of anilines is 1. The van der Waals surface area contributed by atoms with Crippen LogP contribution in [0.4, 0.5) is 5.69 Å². The van der Waals surface area contributed by atoms with Gasteiger partial charge in [-0.1, -0.05) is 31.5 Å². The number of carbonyl (C=O) groups is 1. The van der Waals surface area contributed by atoms with E-state index in [9.17, 15) is 4.79 Å². The Labute approximate surface area is 173 Å². The predicted octanol–water partition coefficient (Wildman–Crippen LogP) is 3.36. The summed E-state index contributed by atoms with van der Waals surface area (Å²) in [4.78, 5) is 15.5. The molecule has 1 aliphatic heterocycles. The highest BCUT2D eigenvalue weighted by Crippen LogP contribution is 2.47. The number of carbonyl (C=O) groups excluding carboxylic acids is 1. The Bertz CT molecular complexity index is 891. The van der Waals surface area contributed by atoms with Crippen molar-refractivity contribution in [3.8, 4) is 0 Å². The fraction of sp³-hybridized carbons (Fsp3) is 0.348. The number of aryl methyl sites for hydroxylation is 1. The molecule has 154 valence electrons. The van der Waals surface area contributed by atoms with Gasteiger partial charge in [-0.25, -0.2) is 0 Å². The van der Waals surface area contributed by atoms with E-state index in [1.165, 1.54) is 12.4 Å². The summed E-state index contributed by atoms with van der Waals surface area (Å²) in [7, 11) is 0. The number of likely N-dealkylation sites (N-methyl/N-ethyl adjacent to an activating group) is 1. The van der Waals surface area contributed by atoms with Crippen molar-refractivity contribution in [1.82, 2.24) is 10.2 Å². The standard InChI is InChI=1S/C21H25N5O.C2H6/c1-3-26-19-5-4-15(2)10-18(19)21(20(26)27,11-16(13-23)6-8-22)12-17-7-9-24-25-14-17;1-2/h4-10,13-14H,3,11-12,22-23H2,1-2H3;1-2H3/b8-6-,16-13+;. The molecule has 1 aromatic carbocycles. The maximum absolute atomic E-state index is 13.7. The zero-order chi connectivity index (χ0) is 21.4. The van der Waals surface area contributed by atoms with Gasteiger partial charge in [0, 0.05) is 18.4 Å². The number of rotatable bonds is 6. The number of nitrogens with zero attached hydrogens (tertiary/aromatic N) is 3. The smallest absolute Gasteiger partial charge is 0.238 e. The van der Waals surface area contributed by atoms with Crippen LogP contribution >= 0.6 is 0 Å². The lowest BCUT2D eigenvalue weighted by molar-refractivity contribution is -0.123. The molecule has 1 aliphatic rings. The number of aromatic nitrogens is 2. The van der Waals surface area contributed by atoms with E-state index in [1.54, 1.807) is 18.5 Å². The lowest BCUT2D eigenvalue weighted by atomic mass is 9.72. The molecule has 2 heterocycles. The fourth-order valence-corrected chi connectivity index (χ4v) is 3.89. The van der Waals surface area contributed by atoms with Crippen molar-refractivity contribution in [2.24, 2.45) is 11.5 Å². The van der Waals surface area contributed by atoms with Crippen LogP contribution in [-0.4, -0.2) is 22.6 Å². The topological polar surface area (TPSA) is 98.1 Å². The lowest BCUT2D eigenvalue weighted by Crippen LogP contribution is -2.42. The van der Waals surface area contributed by atoms with Gasteiger partial charge in [0.05, 0.1) is 11.6 Å². The molecule has 0 spiro atoms. The highest BCUT2D eigenvalue weighted by molar-refractivity contribution is 6.08. The summed E-state index contributed by atoms with van der Waals surface area (Å²) < 4.78 is 0. The van der Waals surface area contributed by atoms with Crippen LogP contribution in [0, 0.1) is 6.92 Å². The molecule has 0 bridgehead atoms. The van der Waals surface area contributed by atoms with Gasteiger partial charge in [-0.3, -0.25) is 4.79 Å². The average Bonchev–Trinajstić information content (AvgIpc) is 2.97. The van der Waals surface area contributed by atoms with E-state index in [4.69, 9.17) is 11.5 Å². The first kappa shape index (κ1) is 22.1. The Morgan fingerprint density at radius 2 is 1.97 bits per heavy atom. The zero-order valence-electron chi connectivity index (χ0n) is 17.7. The van der Waals surface area contributed by atoms with Crippen molar-refractivity contribution >= 4 is 11.6 Å². The molecule has 0 fully saturated rings. The van der Waals surface area contributed by atoms with Gasteiger partial charge in [0.25, 0.3) is 0 Å². The molecule has 1 unspecified atom stereocenters. The molecule has 3 rings (SSSR count). The van der Waals surface area contributed by atoms with Gasteiger partial charge in [0.15, 0.2) is 0 Å². The largest absolute Gasteiger partial charge is 0.405 e. The Hall–Kier alpha value is -3.15. The van der Waals surface area contributed by atoms with Gasteiger partial charge in [0.2, 0.25) is 5.91 Å². The van der Waals surface area contributed by atoms with E-state index in [1.807, 2.05) is 50.8 Å². The van der Waals surface area contributed by atoms with E-state index in [0.717, 1.165) is 28.0 Å². The zero-order valence-corrected chi connectivity index (χ0v) is 17.7. The number of amides is 1. The molecule has 1 atom stereocenters. The van der Waals surface area contributed by atoms with E-state index >= 15 is 0 Å². The number of fused-ring (bicyclic) bond motifs is 1. The predicted molar refractivity (Wildman–Crippen MR) is 118 cm³/mol. The van der Waals surface area contributed by atoms with E-state index in [2.05, 4.69) is 16.3 Å². The molecule has 29 heavy (non-hydrogen) atoms. The number of benzene rings is 1. The first-order valence-electron chi connectivity index (χ1n) is 10.0. The van der Waals surface area contributed by atoms with Crippen molar-refractivity contribution in [1.29, 1.82) is 0 Å². The average molecular weight is 394 g/mol. The van der Waals surface area contributed by atoms with Gasteiger partial charge in [-0.15, -0.1) is 0 Å². The summed E-state index contributed by atoms with van der Waals surface area (Å²) >= 11 is 0. The second-order valence-electron chi connectivity index (χ2n) is 6.86. The number of allylic oxidation sites excluding steroid dienone is 2. The monoisotopic (exact) mass is 393 g/mol. The second-order valence-corrected chi connectivity index (χ2v) is 6.86. The molecule has 1 aromatic heterocycles. The van der Waals surface area contributed by atoms with E-state index in [-0.39, 0.29) is 5.91 Å². The third kappa shape index (κ3) is 4.31. The molecular weight excluding hydrogens is 362 g/mol. The summed E-state index contributed by atoms with van der Waals surface area (Å²) in [6.07, 6.45) is 9.07. The highest BCUT2D eigenvalue weighted by Gasteiger charge is 2.50. The maximum Gasteiger partial charge on any atom is 0.238 e. The molecule has 0 saturated heterocycles. The molecule has 6 nitrogen and oxygen atoms in total. The lowest BCUT2D eigenvalue weighted by Gasteiger charge is -2.29. The third-order valence-corrected chi connectivity index (χ3v) is 5.11. The molecule has 0 saturated carbocycles. The van der Waals surface area contributed by atoms with Gasteiger partial charge in [-0.05, 0) is 74.0 Å². The number of nitrogens with two attached hydrogens (primary N) is 2. The van der Waals surface area contributed by atoms with Gasteiger partial charge < -0.3 is 16.4 Å². The SMILES string of the molecule is CC.CCN1C(=O)C(CC(/C=C\N)=C/N)(Cc2ccnnc2)c2cc(C)ccc21. The Morgan fingerprint density at radius 3 is 2.55 bits per heavy atom. The van der Waals surface area contributed by atoms with Gasteiger partial charge >= 0.3 is 0 Å². The number of hydrogen-bond acceptors (Lipinski definition) is 5. The minimum Gasteiger partial charge on any atom is -0.405 e. The van der Waals surface area contributed by atoms with Gasteiger partial charge in [-0.2, -0.15) is 10.2 Å². The van der Waals surface area contributed by atoms with Crippen LogP contribution in [-0.2, 0) is 16.6 Å². The minimum atomic E-state index is -0.759. The van der Waals surface area contributed by atoms with Crippen LogP contribution in [0.25, 0.3) is 0 Å². The summed E-state index contributed by atoms with van der Waals surface area (Å²) in [6.45, 7) is 8.64. The van der Waals surface area contributed by atoms with Crippen molar-refractivity contribution in [2.75, 3.05) is 11.4 Å². The minimum absolute atomic E-state index is 0.0761. The molecule has 0 aliphatic carbocycles. The molecule has 0 radical (unpaired) electrons. The highest BCUT2D eigenvalue weighted by atomic mass is 16.2. The van der Waals surface area contributed by atoms with Crippen molar-refractivity contribution in [3.05, 3.63) is 77.4 Å². The normalized spacial score (nSPS) is 18.6. The van der Waals surface area contributed by atoms with Crippen LogP contribution in [0.3, 0.4) is 0 Å². The molecule has 6 heteroatoms. The van der Waals surface area contributed by atoms with Crippen LogP contribution in [0.5, 0.6) is 0 Å². The van der Waals surface area contributed by atoms with E-state index in [0.29, 0.717) is 19.4 Å². The maximum atomic E-state index is 13.7. The first-order valence-corrected chi connectivity index (χ1v) is 10.0. The van der Waals surface area contributed by atoms with Crippen molar-refractivity contribution in [3.63, 3.8) is 0 Å².